The highest BCUT2D eigenvalue weighted by Crippen LogP contribution is 2.29. The van der Waals surface area contributed by atoms with Crippen molar-refractivity contribution in [2.45, 2.75) is 57.9 Å². The lowest BCUT2D eigenvalue weighted by molar-refractivity contribution is -0.144. The number of hydrogen-bond acceptors (Lipinski definition) is 2. The van der Waals surface area contributed by atoms with Gasteiger partial charge in [0.15, 0.2) is 0 Å². The van der Waals surface area contributed by atoms with E-state index in [-0.39, 0.29) is 23.8 Å². The van der Waals surface area contributed by atoms with Crippen LogP contribution in [-0.2, 0) is 16.0 Å². The van der Waals surface area contributed by atoms with E-state index in [1.807, 2.05) is 18.2 Å². The van der Waals surface area contributed by atoms with Crippen LogP contribution in [0.25, 0.3) is 0 Å². The van der Waals surface area contributed by atoms with Crippen LogP contribution in [0.4, 0.5) is 0 Å². The number of amides is 1. The first-order valence-corrected chi connectivity index (χ1v) is 8.67. The van der Waals surface area contributed by atoms with Crippen molar-refractivity contribution in [3.63, 3.8) is 0 Å². The lowest BCUT2D eigenvalue weighted by atomic mass is 9.81. The number of carboxylic acid groups (broad SMARTS) is 1. The summed E-state index contributed by atoms with van der Waals surface area (Å²) in [7, 11) is 0. The Morgan fingerprint density at radius 2 is 1.74 bits per heavy atom. The molecule has 1 amide bonds. The topological polar surface area (TPSA) is 66.4 Å². The minimum absolute atomic E-state index is 0.0271. The maximum absolute atomic E-state index is 12.5. The fourth-order valence-corrected chi connectivity index (χ4v) is 3.39. The van der Waals surface area contributed by atoms with Gasteiger partial charge in [0.05, 0.1) is 5.92 Å². The summed E-state index contributed by atoms with van der Waals surface area (Å²) in [5.41, 5.74) is 1.24. The molecule has 0 bridgehead atoms. The van der Waals surface area contributed by atoms with Gasteiger partial charge in [-0.3, -0.25) is 9.59 Å². The number of aliphatic carboxylic acids is 1. The first-order valence-electron chi connectivity index (χ1n) is 8.67. The van der Waals surface area contributed by atoms with Gasteiger partial charge in [-0.1, -0.05) is 43.7 Å². The molecule has 1 aromatic rings. The lowest BCUT2D eigenvalue weighted by Crippen LogP contribution is -2.41. The van der Waals surface area contributed by atoms with Crippen LogP contribution in [0.5, 0.6) is 0 Å². The molecule has 1 aromatic carbocycles. The molecule has 4 heteroatoms. The minimum Gasteiger partial charge on any atom is -0.481 e. The van der Waals surface area contributed by atoms with Gasteiger partial charge in [-0.05, 0) is 44.1 Å². The van der Waals surface area contributed by atoms with Crippen LogP contribution >= 0.6 is 0 Å². The molecular formula is C19H27NO3. The smallest absolute Gasteiger partial charge is 0.306 e. The second-order valence-corrected chi connectivity index (χ2v) is 6.57. The summed E-state index contributed by atoms with van der Waals surface area (Å²) in [5.74, 6) is -0.921. The molecule has 1 fully saturated rings. The third-order valence-corrected chi connectivity index (χ3v) is 4.76. The highest BCUT2D eigenvalue weighted by Gasteiger charge is 2.30. The summed E-state index contributed by atoms with van der Waals surface area (Å²) < 4.78 is 0. The molecule has 1 aliphatic rings. The fraction of sp³-hybridized carbons (Fsp3) is 0.579. The number of carbonyl (C=O) groups is 2. The number of benzene rings is 1. The zero-order chi connectivity index (χ0) is 16.7. The predicted molar refractivity (Wildman–Crippen MR) is 90.1 cm³/mol. The van der Waals surface area contributed by atoms with Crippen molar-refractivity contribution in [2.75, 3.05) is 0 Å². The van der Waals surface area contributed by atoms with Crippen molar-refractivity contribution in [1.29, 1.82) is 0 Å². The Bertz CT molecular complexity index is 507. The van der Waals surface area contributed by atoms with Gasteiger partial charge in [0.2, 0.25) is 5.91 Å². The van der Waals surface area contributed by atoms with Crippen LogP contribution in [0, 0.1) is 11.8 Å². The average Bonchev–Trinajstić information content (AvgIpc) is 2.56. The molecule has 1 atom stereocenters. The van der Waals surface area contributed by atoms with Crippen molar-refractivity contribution < 1.29 is 14.7 Å². The molecule has 1 aliphatic carbocycles. The molecule has 1 unspecified atom stereocenters. The second-order valence-electron chi connectivity index (χ2n) is 6.57. The van der Waals surface area contributed by atoms with E-state index in [0.29, 0.717) is 25.7 Å². The molecule has 1 saturated carbocycles. The second kappa shape index (κ2) is 8.70. The molecule has 126 valence electrons. The molecular weight excluding hydrogens is 290 g/mol. The summed E-state index contributed by atoms with van der Waals surface area (Å²) in [6, 6.07) is 10.4. The van der Waals surface area contributed by atoms with Gasteiger partial charge in [-0.15, -0.1) is 0 Å². The lowest BCUT2D eigenvalue weighted by Gasteiger charge is -2.27. The van der Waals surface area contributed by atoms with Gasteiger partial charge in [-0.25, -0.2) is 0 Å². The van der Waals surface area contributed by atoms with Gasteiger partial charge in [0.25, 0.3) is 0 Å². The van der Waals surface area contributed by atoms with Crippen molar-refractivity contribution >= 4 is 11.9 Å². The zero-order valence-electron chi connectivity index (χ0n) is 13.8. The Labute approximate surface area is 138 Å². The van der Waals surface area contributed by atoms with Crippen LogP contribution in [0.3, 0.4) is 0 Å². The van der Waals surface area contributed by atoms with Crippen LogP contribution in [-0.4, -0.2) is 23.0 Å². The molecule has 0 aliphatic heterocycles. The first kappa shape index (κ1) is 17.5. The van der Waals surface area contributed by atoms with E-state index in [2.05, 4.69) is 24.4 Å². The number of nitrogens with one attached hydrogen (secondary N) is 1. The van der Waals surface area contributed by atoms with Gasteiger partial charge < -0.3 is 10.4 Å². The van der Waals surface area contributed by atoms with Gasteiger partial charge in [0.1, 0.15) is 0 Å². The highest BCUT2D eigenvalue weighted by atomic mass is 16.4. The first-order chi connectivity index (χ1) is 11.1. The quantitative estimate of drug-likeness (QED) is 0.810. The van der Waals surface area contributed by atoms with Crippen molar-refractivity contribution in [2.24, 2.45) is 11.8 Å². The molecule has 0 radical (unpaired) electrons. The predicted octanol–water partition coefficient (Wildman–Crippen LogP) is 3.41. The van der Waals surface area contributed by atoms with Crippen molar-refractivity contribution in [3.05, 3.63) is 35.9 Å². The maximum atomic E-state index is 12.5. The highest BCUT2D eigenvalue weighted by molar-refractivity contribution is 5.79. The largest absolute Gasteiger partial charge is 0.481 e. The van der Waals surface area contributed by atoms with Crippen LogP contribution < -0.4 is 5.32 Å². The van der Waals surface area contributed by atoms with Crippen molar-refractivity contribution in [3.8, 4) is 0 Å². The Hall–Kier alpha value is -1.84. The fourth-order valence-electron chi connectivity index (χ4n) is 3.39. The normalized spacial score (nSPS) is 22.3. The van der Waals surface area contributed by atoms with Crippen LogP contribution in [0.15, 0.2) is 30.3 Å². The van der Waals surface area contributed by atoms with Crippen LogP contribution in [0.1, 0.15) is 51.0 Å². The summed E-state index contributed by atoms with van der Waals surface area (Å²) in [6.07, 6.45) is 5.45. The van der Waals surface area contributed by atoms with Crippen molar-refractivity contribution in [1.82, 2.24) is 5.32 Å². The maximum Gasteiger partial charge on any atom is 0.306 e. The molecule has 0 spiro atoms. The number of hydrogen-bond donors (Lipinski definition) is 2. The van der Waals surface area contributed by atoms with E-state index in [1.165, 1.54) is 5.56 Å². The third kappa shape index (κ3) is 5.38. The van der Waals surface area contributed by atoms with E-state index in [4.69, 9.17) is 5.11 Å². The molecule has 2 N–H and O–H groups in total. The number of rotatable bonds is 7. The molecule has 2 rings (SSSR count). The zero-order valence-corrected chi connectivity index (χ0v) is 13.8. The summed E-state index contributed by atoms with van der Waals surface area (Å²) in [6.45, 7) is 2.13. The van der Waals surface area contributed by atoms with E-state index < -0.39 is 5.97 Å². The van der Waals surface area contributed by atoms with E-state index >= 15 is 0 Å². The Balaban J connectivity index is 1.87. The van der Waals surface area contributed by atoms with E-state index in [9.17, 15) is 9.59 Å². The SMILES string of the molecule is CCCC(Cc1ccccc1)NC(=O)C1CCC(C(=O)O)CC1. The molecule has 0 saturated heterocycles. The van der Waals surface area contributed by atoms with Gasteiger partial charge >= 0.3 is 5.97 Å². The van der Waals surface area contributed by atoms with Gasteiger partial charge in [0, 0.05) is 12.0 Å². The number of carbonyl (C=O) groups excluding carboxylic acids is 1. The standard InChI is InChI=1S/C19H27NO3/c1-2-6-17(13-14-7-4-3-5-8-14)20-18(21)15-9-11-16(12-10-15)19(22)23/h3-5,7-8,15-17H,2,6,9-13H2,1H3,(H,20,21)(H,22,23). The molecule has 0 heterocycles. The number of carboxylic acids is 1. The Kier molecular flexibility index (Phi) is 6.63. The third-order valence-electron chi connectivity index (χ3n) is 4.76. The van der Waals surface area contributed by atoms with E-state index in [1.54, 1.807) is 0 Å². The molecule has 4 nitrogen and oxygen atoms in total. The summed E-state index contributed by atoms with van der Waals surface area (Å²) in [4.78, 5) is 23.5. The average molecular weight is 317 g/mol. The van der Waals surface area contributed by atoms with E-state index in [0.717, 1.165) is 19.3 Å². The van der Waals surface area contributed by atoms with Crippen LogP contribution in [0.2, 0.25) is 0 Å². The summed E-state index contributed by atoms with van der Waals surface area (Å²) in [5, 5.41) is 12.2. The Morgan fingerprint density at radius 1 is 1.13 bits per heavy atom. The summed E-state index contributed by atoms with van der Waals surface area (Å²) >= 11 is 0. The molecule has 0 aromatic heterocycles. The monoisotopic (exact) mass is 317 g/mol. The molecule has 23 heavy (non-hydrogen) atoms. The van der Waals surface area contributed by atoms with Gasteiger partial charge in [-0.2, -0.15) is 0 Å². The minimum atomic E-state index is -0.725. The Morgan fingerprint density at radius 3 is 2.30 bits per heavy atom.